The van der Waals surface area contributed by atoms with Gasteiger partial charge in [-0.05, 0) is 88.6 Å². The molecule has 2 aromatic heterocycles. The van der Waals surface area contributed by atoms with E-state index in [0.29, 0.717) is 36.2 Å². The van der Waals surface area contributed by atoms with Crippen LogP contribution in [0.1, 0.15) is 59.3 Å². The molecule has 4 heterocycles. The van der Waals surface area contributed by atoms with Crippen LogP contribution in [0, 0.1) is 5.92 Å². The molecule has 56 heavy (non-hydrogen) atoms. The van der Waals surface area contributed by atoms with Crippen LogP contribution in [0.5, 0.6) is 11.6 Å². The Labute approximate surface area is 324 Å². The van der Waals surface area contributed by atoms with Gasteiger partial charge in [-0.15, -0.1) is 0 Å². The van der Waals surface area contributed by atoms with Gasteiger partial charge in [-0.2, -0.15) is 10.1 Å². The van der Waals surface area contributed by atoms with Gasteiger partial charge in [-0.3, -0.25) is 19.1 Å². The molecule has 5 atom stereocenters. The highest BCUT2D eigenvalue weighted by Gasteiger charge is 2.62. The third-order valence-corrected chi connectivity index (χ3v) is 12.0. The molecule has 4 aliphatic rings. The summed E-state index contributed by atoms with van der Waals surface area (Å²) in [4.78, 5) is 61.9. The Hall–Kier alpha value is -5.23. The number of amides is 4. The number of nitrogens with zero attached hydrogens (tertiary/aromatic N) is 4. The van der Waals surface area contributed by atoms with Crippen LogP contribution in [-0.4, -0.2) is 113 Å². The Kier molecular flexibility index (Phi) is 10.7. The third kappa shape index (κ3) is 8.60. The van der Waals surface area contributed by atoms with Crippen molar-refractivity contribution in [3.8, 4) is 17.4 Å². The molecular formula is C38H47N7O10S. The van der Waals surface area contributed by atoms with Crippen LogP contribution in [0.4, 0.5) is 4.79 Å². The minimum absolute atomic E-state index is 0.0102. The van der Waals surface area contributed by atoms with Crippen molar-refractivity contribution in [3.05, 3.63) is 54.9 Å². The van der Waals surface area contributed by atoms with E-state index in [0.717, 1.165) is 5.39 Å². The zero-order chi connectivity index (χ0) is 39.8. The molecule has 2 saturated carbocycles. The number of benzene rings is 1. The molecule has 4 amide bonds. The van der Waals surface area contributed by atoms with Gasteiger partial charge in [0.1, 0.15) is 35.1 Å². The maximum absolute atomic E-state index is 14.5. The van der Waals surface area contributed by atoms with Crippen molar-refractivity contribution >= 4 is 44.6 Å². The summed E-state index contributed by atoms with van der Waals surface area (Å²) in [6.07, 6.45) is 6.82. The fourth-order valence-electron chi connectivity index (χ4n) is 7.10. The fraction of sp³-hybridized carbons (Fsp3) is 0.526. The largest absolute Gasteiger partial charge is 0.497 e. The molecule has 3 N–H and O–H groups in total. The Morgan fingerprint density at radius 1 is 1.12 bits per heavy atom. The number of carbonyl (C=O) groups is 4. The number of fused-ring (bicyclic) bond motifs is 3. The second-order valence-electron chi connectivity index (χ2n) is 15.6. The predicted molar refractivity (Wildman–Crippen MR) is 201 cm³/mol. The summed E-state index contributed by atoms with van der Waals surface area (Å²) in [6.45, 7) is 5.48. The summed E-state index contributed by atoms with van der Waals surface area (Å²) < 4.78 is 52.7. The highest BCUT2D eigenvalue weighted by atomic mass is 32.2. The first-order valence-electron chi connectivity index (χ1n) is 18.7. The lowest BCUT2D eigenvalue weighted by atomic mass is 10.1. The molecule has 300 valence electrons. The number of hydrogen-bond acceptors (Lipinski definition) is 12. The van der Waals surface area contributed by atoms with Crippen LogP contribution in [0.25, 0.3) is 16.6 Å². The maximum Gasteiger partial charge on any atom is 0.408 e. The quantitative estimate of drug-likeness (QED) is 0.281. The van der Waals surface area contributed by atoms with Gasteiger partial charge in [0.05, 0.1) is 25.5 Å². The van der Waals surface area contributed by atoms with E-state index in [4.69, 9.17) is 23.9 Å². The van der Waals surface area contributed by atoms with Gasteiger partial charge in [0, 0.05) is 36.7 Å². The van der Waals surface area contributed by atoms with E-state index in [1.165, 1.54) is 4.90 Å². The number of pyridine rings is 1. The molecule has 1 aromatic carbocycles. The molecule has 17 nitrogen and oxygen atoms in total. The zero-order valence-electron chi connectivity index (χ0n) is 31.7. The van der Waals surface area contributed by atoms with Crippen LogP contribution < -0.4 is 24.8 Å². The maximum atomic E-state index is 14.5. The zero-order valence-corrected chi connectivity index (χ0v) is 32.5. The second-order valence-corrected chi connectivity index (χ2v) is 17.6. The Balaban J connectivity index is 1.22. The van der Waals surface area contributed by atoms with Gasteiger partial charge in [0.25, 0.3) is 5.91 Å². The summed E-state index contributed by atoms with van der Waals surface area (Å²) in [6, 6.07) is 6.71. The Morgan fingerprint density at radius 2 is 1.93 bits per heavy atom. The third-order valence-electron chi connectivity index (χ3n) is 10.2. The van der Waals surface area contributed by atoms with Crippen LogP contribution in [-0.2, 0) is 33.9 Å². The second kappa shape index (κ2) is 15.4. The van der Waals surface area contributed by atoms with Crippen molar-refractivity contribution in [1.82, 2.24) is 35.0 Å². The molecule has 2 aliphatic heterocycles. The Morgan fingerprint density at radius 3 is 2.64 bits per heavy atom. The molecule has 3 aromatic rings. The number of alkyl carbamates (subject to hydrolysis) is 1. The lowest BCUT2D eigenvalue weighted by Crippen LogP contribution is -2.58. The van der Waals surface area contributed by atoms with Gasteiger partial charge in [-0.1, -0.05) is 12.2 Å². The van der Waals surface area contributed by atoms with E-state index in [-0.39, 0.29) is 44.9 Å². The summed E-state index contributed by atoms with van der Waals surface area (Å²) in [5, 5.41) is 10.6. The van der Waals surface area contributed by atoms with Gasteiger partial charge in [0.2, 0.25) is 27.7 Å². The number of methoxy groups -OCH3 is 1. The van der Waals surface area contributed by atoms with E-state index >= 15 is 0 Å². The topological polar surface area (TPSA) is 209 Å². The SMILES string of the molecule is COc1ccc2c(OC3C[C@H]4C(=O)N[C@]5(C(=O)NS(=O)(=O)C6CC6)CC5/C=C\COCCC[C@H](NC(=O)OC(C)(C)C)C(=O)N4C3)nc(-n3cccn3)cc2c1. The number of sulfonamides is 1. The number of nitrogens with one attached hydrogen (secondary N) is 3. The van der Waals surface area contributed by atoms with E-state index in [1.807, 2.05) is 12.1 Å². The summed E-state index contributed by atoms with van der Waals surface area (Å²) in [5.41, 5.74) is -2.42. The van der Waals surface area contributed by atoms with E-state index in [1.54, 1.807) is 75.3 Å². The first kappa shape index (κ1) is 39.0. The Bertz CT molecular complexity index is 2130. The molecule has 2 aliphatic carbocycles. The highest BCUT2D eigenvalue weighted by molar-refractivity contribution is 7.91. The number of aromatic nitrogens is 3. The van der Waals surface area contributed by atoms with Crippen molar-refractivity contribution in [1.29, 1.82) is 0 Å². The molecule has 2 unspecified atom stereocenters. The van der Waals surface area contributed by atoms with E-state index < -0.39 is 74.3 Å². The number of hydrogen-bond donors (Lipinski definition) is 3. The van der Waals surface area contributed by atoms with Crippen molar-refractivity contribution in [2.75, 3.05) is 26.9 Å². The molecule has 18 heteroatoms. The molecule has 1 saturated heterocycles. The highest BCUT2D eigenvalue weighted by Crippen LogP contribution is 2.46. The van der Waals surface area contributed by atoms with Crippen molar-refractivity contribution in [2.24, 2.45) is 5.92 Å². The van der Waals surface area contributed by atoms with Crippen LogP contribution in [0.15, 0.2) is 54.9 Å². The molecule has 0 spiro atoms. The lowest BCUT2D eigenvalue weighted by molar-refractivity contribution is -0.141. The summed E-state index contributed by atoms with van der Waals surface area (Å²) in [5.74, 6) is -1.30. The van der Waals surface area contributed by atoms with Crippen LogP contribution >= 0.6 is 0 Å². The average molecular weight is 794 g/mol. The van der Waals surface area contributed by atoms with E-state index in [9.17, 15) is 27.6 Å². The van der Waals surface area contributed by atoms with Gasteiger partial charge in [-0.25, -0.2) is 17.9 Å². The van der Waals surface area contributed by atoms with Gasteiger partial charge < -0.3 is 34.5 Å². The minimum Gasteiger partial charge on any atom is -0.497 e. The molecule has 7 rings (SSSR count). The standard InChI is InChI=1S/C38H47N7O10S/c1-37(2,3)55-36(49)40-29-9-6-17-53-16-5-8-24-21-38(24,35(48)43-56(50,51)27-11-12-27)42-32(46)30-20-26(22-44(30)34(29)47)54-33-28-13-10-25(52-4)18-23(28)19-31(41-33)45-15-7-14-39-45/h5,7-8,10,13-15,18-19,24,26-27,29-30H,6,9,11-12,16-17,20-22H2,1-4H3,(H,40,49)(H,42,46)(H,43,48)/b8-5-/t24?,26?,29-,30-,38+/m0/s1. The smallest absolute Gasteiger partial charge is 0.408 e. The summed E-state index contributed by atoms with van der Waals surface area (Å²) >= 11 is 0. The predicted octanol–water partition coefficient (Wildman–Crippen LogP) is 2.52. The summed E-state index contributed by atoms with van der Waals surface area (Å²) in [7, 11) is -2.37. The minimum atomic E-state index is -3.93. The number of ether oxygens (including phenoxy) is 4. The van der Waals surface area contributed by atoms with Gasteiger partial charge >= 0.3 is 6.09 Å². The normalized spacial score (nSPS) is 26.5. The van der Waals surface area contributed by atoms with Gasteiger partial charge in [0.15, 0.2) is 5.82 Å². The van der Waals surface area contributed by atoms with Crippen LogP contribution in [0.3, 0.4) is 0 Å². The lowest BCUT2D eigenvalue weighted by Gasteiger charge is -2.30. The molecule has 3 fully saturated rings. The molecular weight excluding hydrogens is 747 g/mol. The first-order valence-corrected chi connectivity index (χ1v) is 20.3. The number of carbonyl (C=O) groups excluding carboxylic acids is 4. The number of rotatable bonds is 8. The van der Waals surface area contributed by atoms with Crippen molar-refractivity contribution in [3.63, 3.8) is 0 Å². The monoisotopic (exact) mass is 793 g/mol. The van der Waals surface area contributed by atoms with Crippen molar-refractivity contribution in [2.45, 2.75) is 93.9 Å². The van der Waals surface area contributed by atoms with E-state index in [2.05, 4.69) is 20.5 Å². The average Bonchev–Trinajstić information content (AvgIpc) is 4.00. The molecule has 0 bridgehead atoms. The fourth-order valence-corrected chi connectivity index (χ4v) is 8.46. The first-order chi connectivity index (χ1) is 26.7. The van der Waals surface area contributed by atoms with Crippen molar-refractivity contribution < 1.29 is 46.5 Å². The van der Waals surface area contributed by atoms with Crippen LogP contribution in [0.2, 0.25) is 0 Å². The molecule has 0 radical (unpaired) electrons.